The summed E-state index contributed by atoms with van der Waals surface area (Å²) in [4.78, 5) is 27.2. The Bertz CT molecular complexity index is 963. The molecule has 0 saturated heterocycles. The number of imide groups is 1. The minimum Gasteiger partial charge on any atom is -0.350 e. The van der Waals surface area contributed by atoms with Crippen LogP contribution >= 0.6 is 0 Å². The van der Waals surface area contributed by atoms with E-state index >= 15 is 0 Å². The Morgan fingerprint density at radius 1 is 0.929 bits per heavy atom. The molecule has 1 heterocycles. The van der Waals surface area contributed by atoms with E-state index < -0.39 is 0 Å². The van der Waals surface area contributed by atoms with Crippen molar-refractivity contribution in [2.75, 3.05) is 11.9 Å². The number of hydrogen-bond acceptors (Lipinski definition) is 3. The standard InChI is InChI=1S/C24H28N2O2/c1-7-26-22(27)20(19-13-8-15(2)14-16(19)3)21(23(26)28)25-18-11-9-17(10-12-18)24(4,5)6/h8-14,25H,7H2,1-6H3. The molecule has 4 heteroatoms. The van der Waals surface area contributed by atoms with Crippen molar-refractivity contribution in [3.05, 3.63) is 70.4 Å². The zero-order chi connectivity index (χ0) is 20.6. The number of carbonyl (C=O) groups is 2. The van der Waals surface area contributed by atoms with Crippen molar-refractivity contribution in [3.8, 4) is 0 Å². The highest BCUT2D eigenvalue weighted by atomic mass is 16.2. The summed E-state index contributed by atoms with van der Waals surface area (Å²) in [5, 5.41) is 3.22. The summed E-state index contributed by atoms with van der Waals surface area (Å²) in [5.74, 6) is -0.518. The molecule has 1 aliphatic rings. The Labute approximate surface area is 167 Å². The highest BCUT2D eigenvalue weighted by Gasteiger charge is 2.38. The minimum absolute atomic E-state index is 0.0557. The van der Waals surface area contributed by atoms with Crippen molar-refractivity contribution in [1.82, 2.24) is 4.90 Å². The molecule has 1 aliphatic heterocycles. The third-order valence-electron chi connectivity index (χ3n) is 5.16. The van der Waals surface area contributed by atoms with Gasteiger partial charge in [-0.2, -0.15) is 0 Å². The minimum atomic E-state index is -0.276. The first-order valence-corrected chi connectivity index (χ1v) is 9.69. The van der Waals surface area contributed by atoms with Crippen LogP contribution in [0.25, 0.3) is 5.57 Å². The monoisotopic (exact) mass is 376 g/mol. The van der Waals surface area contributed by atoms with Crippen molar-refractivity contribution in [1.29, 1.82) is 0 Å². The van der Waals surface area contributed by atoms with E-state index in [0.29, 0.717) is 17.8 Å². The van der Waals surface area contributed by atoms with Crippen molar-refractivity contribution in [2.24, 2.45) is 0 Å². The van der Waals surface area contributed by atoms with Gasteiger partial charge in [0, 0.05) is 12.2 Å². The number of aryl methyl sites for hydroxylation is 2. The normalized spacial score (nSPS) is 14.9. The molecule has 146 valence electrons. The lowest BCUT2D eigenvalue weighted by Gasteiger charge is -2.19. The van der Waals surface area contributed by atoms with Crippen molar-refractivity contribution in [3.63, 3.8) is 0 Å². The molecule has 0 atom stereocenters. The Hall–Kier alpha value is -2.88. The molecule has 2 amide bonds. The quantitative estimate of drug-likeness (QED) is 0.779. The molecule has 0 fully saturated rings. The van der Waals surface area contributed by atoms with Crippen LogP contribution in [0, 0.1) is 13.8 Å². The number of amides is 2. The lowest BCUT2D eigenvalue weighted by atomic mass is 9.87. The number of likely N-dealkylation sites (N-methyl/N-ethyl adjacent to an activating group) is 1. The Morgan fingerprint density at radius 3 is 2.11 bits per heavy atom. The number of carbonyl (C=O) groups excluding carboxylic acids is 2. The maximum Gasteiger partial charge on any atom is 0.278 e. The van der Waals surface area contributed by atoms with Crippen LogP contribution in [0.15, 0.2) is 48.2 Å². The summed E-state index contributed by atoms with van der Waals surface area (Å²) in [6, 6.07) is 14.0. The van der Waals surface area contributed by atoms with Crippen LogP contribution in [0.3, 0.4) is 0 Å². The molecule has 0 aliphatic carbocycles. The van der Waals surface area contributed by atoms with E-state index in [2.05, 4.69) is 38.2 Å². The Kier molecular flexibility index (Phi) is 5.16. The fourth-order valence-electron chi connectivity index (χ4n) is 3.52. The average Bonchev–Trinajstić information content (AvgIpc) is 2.85. The summed E-state index contributed by atoms with van der Waals surface area (Å²) >= 11 is 0. The van der Waals surface area contributed by atoms with Crippen LogP contribution in [0.1, 0.15) is 49.9 Å². The lowest BCUT2D eigenvalue weighted by molar-refractivity contribution is -0.136. The second kappa shape index (κ2) is 7.27. The Morgan fingerprint density at radius 2 is 1.57 bits per heavy atom. The van der Waals surface area contributed by atoms with Gasteiger partial charge in [0.15, 0.2) is 0 Å². The topological polar surface area (TPSA) is 49.4 Å². The molecule has 1 N–H and O–H groups in total. The highest BCUT2D eigenvalue weighted by molar-refractivity contribution is 6.36. The highest BCUT2D eigenvalue weighted by Crippen LogP contribution is 2.33. The molecule has 0 radical (unpaired) electrons. The van der Waals surface area contributed by atoms with Crippen LogP contribution in [0.4, 0.5) is 5.69 Å². The first-order chi connectivity index (χ1) is 13.1. The predicted molar refractivity (Wildman–Crippen MR) is 114 cm³/mol. The van der Waals surface area contributed by atoms with Gasteiger partial charge in [-0.05, 0) is 55.0 Å². The molecule has 2 aromatic rings. The van der Waals surface area contributed by atoms with E-state index in [1.165, 1.54) is 10.5 Å². The summed E-state index contributed by atoms with van der Waals surface area (Å²) in [6.45, 7) is 12.6. The third kappa shape index (κ3) is 3.59. The second-order valence-corrected chi connectivity index (χ2v) is 8.38. The van der Waals surface area contributed by atoms with Gasteiger partial charge in [0.1, 0.15) is 5.70 Å². The largest absolute Gasteiger partial charge is 0.350 e. The lowest BCUT2D eigenvalue weighted by Crippen LogP contribution is -2.32. The number of anilines is 1. The van der Waals surface area contributed by atoms with E-state index in [4.69, 9.17) is 0 Å². The van der Waals surface area contributed by atoms with E-state index in [1.54, 1.807) is 0 Å². The van der Waals surface area contributed by atoms with Crippen LogP contribution in [-0.4, -0.2) is 23.3 Å². The summed E-state index contributed by atoms with van der Waals surface area (Å²) in [7, 11) is 0. The van der Waals surface area contributed by atoms with Crippen LogP contribution in [0.2, 0.25) is 0 Å². The fourth-order valence-corrected chi connectivity index (χ4v) is 3.52. The third-order valence-corrected chi connectivity index (χ3v) is 5.16. The molecule has 0 bridgehead atoms. The van der Waals surface area contributed by atoms with Gasteiger partial charge >= 0.3 is 0 Å². The summed E-state index contributed by atoms with van der Waals surface area (Å²) in [6.07, 6.45) is 0. The second-order valence-electron chi connectivity index (χ2n) is 8.38. The first kappa shape index (κ1) is 19.9. The van der Waals surface area contributed by atoms with Gasteiger partial charge in [-0.15, -0.1) is 0 Å². The van der Waals surface area contributed by atoms with Crippen LogP contribution in [-0.2, 0) is 15.0 Å². The molecule has 0 unspecified atom stereocenters. The zero-order valence-corrected chi connectivity index (χ0v) is 17.5. The van der Waals surface area contributed by atoms with Crippen molar-refractivity contribution < 1.29 is 9.59 Å². The fraction of sp³-hybridized carbons (Fsp3) is 0.333. The molecule has 4 nitrogen and oxygen atoms in total. The molecular formula is C24H28N2O2. The van der Waals surface area contributed by atoms with Crippen LogP contribution < -0.4 is 5.32 Å². The SMILES string of the molecule is CCN1C(=O)C(Nc2ccc(C(C)(C)C)cc2)=C(c2ccc(C)cc2C)C1=O. The molecule has 3 rings (SSSR count). The molecule has 2 aromatic carbocycles. The summed E-state index contributed by atoms with van der Waals surface area (Å²) < 4.78 is 0. The number of nitrogens with zero attached hydrogens (tertiary/aromatic N) is 1. The van der Waals surface area contributed by atoms with Gasteiger partial charge in [0.25, 0.3) is 11.8 Å². The van der Waals surface area contributed by atoms with Gasteiger partial charge in [0.2, 0.25) is 0 Å². The smallest absolute Gasteiger partial charge is 0.278 e. The molecule has 0 saturated carbocycles. The van der Waals surface area contributed by atoms with Gasteiger partial charge in [0.05, 0.1) is 5.57 Å². The maximum absolute atomic E-state index is 13.0. The average molecular weight is 377 g/mol. The maximum atomic E-state index is 13.0. The number of rotatable bonds is 4. The van der Waals surface area contributed by atoms with Gasteiger partial charge < -0.3 is 5.32 Å². The number of benzene rings is 2. The van der Waals surface area contributed by atoms with Gasteiger partial charge in [-0.25, -0.2) is 0 Å². The van der Waals surface area contributed by atoms with E-state index in [0.717, 1.165) is 22.4 Å². The number of hydrogen-bond donors (Lipinski definition) is 1. The van der Waals surface area contributed by atoms with Crippen molar-refractivity contribution >= 4 is 23.1 Å². The summed E-state index contributed by atoms with van der Waals surface area (Å²) in [5.41, 5.74) is 5.77. The molecule has 0 spiro atoms. The molecule has 0 aromatic heterocycles. The van der Waals surface area contributed by atoms with Gasteiger partial charge in [-0.1, -0.05) is 56.7 Å². The van der Waals surface area contributed by atoms with E-state index in [-0.39, 0.29) is 17.2 Å². The number of nitrogens with one attached hydrogen (secondary N) is 1. The first-order valence-electron chi connectivity index (χ1n) is 9.69. The molecule has 28 heavy (non-hydrogen) atoms. The predicted octanol–water partition coefficient (Wildman–Crippen LogP) is 4.81. The van der Waals surface area contributed by atoms with Gasteiger partial charge in [-0.3, -0.25) is 14.5 Å². The molecular weight excluding hydrogens is 348 g/mol. The Balaban J connectivity index is 2.06. The van der Waals surface area contributed by atoms with Crippen LogP contribution in [0.5, 0.6) is 0 Å². The van der Waals surface area contributed by atoms with E-state index in [9.17, 15) is 9.59 Å². The zero-order valence-electron chi connectivity index (χ0n) is 17.5. The van der Waals surface area contributed by atoms with Crippen molar-refractivity contribution in [2.45, 2.75) is 47.0 Å². The van der Waals surface area contributed by atoms with E-state index in [1.807, 2.05) is 51.1 Å².